The first-order valence-electron chi connectivity index (χ1n) is 14.7. The van der Waals surface area contributed by atoms with Crippen molar-refractivity contribution in [2.24, 2.45) is 0 Å². The number of hydrogen-bond acceptors (Lipinski definition) is 5. The monoisotopic (exact) mass is 455 g/mol. The van der Waals surface area contributed by atoms with Crippen LogP contribution in [-0.4, -0.2) is 37.1 Å². The summed E-state index contributed by atoms with van der Waals surface area (Å²) in [6, 6.07) is 9.01. The maximum atomic E-state index is 12.2. The third-order valence-corrected chi connectivity index (χ3v) is 5.24. The molecule has 0 spiro atoms. The second-order valence-electron chi connectivity index (χ2n) is 8.11. The van der Waals surface area contributed by atoms with Gasteiger partial charge in [-0.25, -0.2) is 0 Å². The van der Waals surface area contributed by atoms with Gasteiger partial charge in [-0.1, -0.05) is 114 Å². The van der Waals surface area contributed by atoms with Crippen molar-refractivity contribution in [1.82, 2.24) is 0 Å². The number of aliphatic hydroxyl groups is 1. The molecule has 1 rings (SSSR count). The number of carbonyl (C=O) groups is 1. The normalized spacial score (nSPS) is 16.2. The smallest absolute Gasteiger partial charge is 0.305 e. The Balaban J connectivity index is 2.30. The molecule has 0 fully saturated rings. The zero-order chi connectivity index (χ0) is 27.6. The van der Waals surface area contributed by atoms with Gasteiger partial charge in [-0.05, 0) is 12.0 Å². The molecular weight excluding hydrogens is 404 g/mol. The van der Waals surface area contributed by atoms with Gasteiger partial charge < -0.3 is 19.3 Å². The van der Waals surface area contributed by atoms with Gasteiger partial charge in [0, 0.05) is 6.42 Å². The first kappa shape index (κ1) is 21.1. The molecule has 5 nitrogen and oxygen atoms in total. The van der Waals surface area contributed by atoms with Gasteiger partial charge in [-0.3, -0.25) is 4.79 Å². The van der Waals surface area contributed by atoms with Crippen molar-refractivity contribution in [3.8, 4) is 0 Å². The third kappa shape index (κ3) is 17.2. The van der Waals surface area contributed by atoms with E-state index in [1.807, 2.05) is 6.07 Å². The van der Waals surface area contributed by atoms with Crippen LogP contribution in [0.15, 0.2) is 30.3 Å². The van der Waals surface area contributed by atoms with Gasteiger partial charge >= 0.3 is 5.97 Å². The molecule has 1 atom stereocenters. The van der Waals surface area contributed by atoms with Crippen LogP contribution >= 0.6 is 0 Å². The molecule has 1 aromatic carbocycles. The van der Waals surface area contributed by atoms with E-state index in [0.29, 0.717) is 6.42 Å². The largest absolute Gasteiger partial charge is 0.463 e. The number of esters is 1. The standard InChI is InChI=1S/C27H46O5/c1-2-3-4-5-6-7-8-9-10-11-12-13-17-20-27(29)31-23-26(21-28)32-24-30-22-25-18-15-14-16-19-25/h14-16,18-19,26,28H,2-13,17,20-24H2,1H3/i21D2,23D2,26D. The maximum absolute atomic E-state index is 12.2. The van der Waals surface area contributed by atoms with E-state index >= 15 is 0 Å². The van der Waals surface area contributed by atoms with E-state index in [9.17, 15) is 9.90 Å². The van der Waals surface area contributed by atoms with Crippen molar-refractivity contribution in [3.63, 3.8) is 0 Å². The summed E-state index contributed by atoms with van der Waals surface area (Å²) in [5, 5.41) is 9.83. The van der Waals surface area contributed by atoms with E-state index in [4.69, 9.17) is 21.1 Å². The third-order valence-electron chi connectivity index (χ3n) is 5.24. The lowest BCUT2D eigenvalue weighted by molar-refractivity contribution is -0.157. The fraction of sp³-hybridized carbons (Fsp3) is 0.741. The molecule has 1 aromatic rings. The van der Waals surface area contributed by atoms with Crippen LogP contribution in [0.5, 0.6) is 0 Å². The highest BCUT2D eigenvalue weighted by Crippen LogP contribution is 2.13. The van der Waals surface area contributed by atoms with Crippen molar-refractivity contribution in [2.75, 3.05) is 19.9 Å². The predicted molar refractivity (Wildman–Crippen MR) is 129 cm³/mol. The summed E-state index contributed by atoms with van der Waals surface area (Å²) >= 11 is 0. The minimum absolute atomic E-state index is 0.0632. The van der Waals surface area contributed by atoms with Crippen LogP contribution in [0.3, 0.4) is 0 Å². The molecular formula is C27H46O5. The molecule has 0 aromatic heterocycles. The molecule has 32 heavy (non-hydrogen) atoms. The van der Waals surface area contributed by atoms with Crippen LogP contribution in [-0.2, 0) is 25.6 Å². The number of ether oxygens (including phenoxy) is 3. The number of benzene rings is 1. The molecule has 0 saturated carbocycles. The summed E-state index contributed by atoms with van der Waals surface area (Å²) in [4.78, 5) is 12.2. The van der Waals surface area contributed by atoms with Gasteiger partial charge in [0.25, 0.3) is 0 Å². The Bertz CT molecular complexity index is 730. The van der Waals surface area contributed by atoms with E-state index in [1.54, 1.807) is 24.3 Å². The molecule has 5 heteroatoms. The highest BCUT2D eigenvalue weighted by Gasteiger charge is 2.11. The number of hydrogen-bond donors (Lipinski definition) is 1. The van der Waals surface area contributed by atoms with E-state index in [0.717, 1.165) is 24.8 Å². The number of unbranched alkanes of at least 4 members (excludes halogenated alkanes) is 12. The van der Waals surface area contributed by atoms with Crippen LogP contribution < -0.4 is 0 Å². The highest BCUT2D eigenvalue weighted by molar-refractivity contribution is 5.69. The first-order chi connectivity index (χ1) is 17.5. The van der Waals surface area contributed by atoms with Crippen LogP contribution in [0.25, 0.3) is 0 Å². The average molecular weight is 456 g/mol. The second kappa shape index (κ2) is 21.4. The Morgan fingerprint density at radius 3 is 2.06 bits per heavy atom. The van der Waals surface area contributed by atoms with Crippen molar-refractivity contribution in [2.45, 2.75) is 110 Å². The van der Waals surface area contributed by atoms with Crippen LogP contribution in [0, 0.1) is 0 Å². The summed E-state index contributed by atoms with van der Waals surface area (Å²) in [6.45, 7) is -5.11. The van der Waals surface area contributed by atoms with Gasteiger partial charge in [0.1, 0.15) is 19.4 Å². The lowest BCUT2D eigenvalue weighted by Crippen LogP contribution is -2.26. The van der Waals surface area contributed by atoms with Gasteiger partial charge in [0.05, 0.1) is 20.0 Å². The Labute approximate surface area is 202 Å². The van der Waals surface area contributed by atoms with Gasteiger partial charge in [-0.15, -0.1) is 0 Å². The first-order valence-corrected chi connectivity index (χ1v) is 12.2. The molecule has 0 amide bonds. The number of rotatable bonds is 22. The maximum Gasteiger partial charge on any atom is 0.305 e. The fourth-order valence-corrected chi connectivity index (χ4v) is 3.36. The SMILES string of the molecule is [2H]C([2H])(O)C([2H])(OCOCc1ccccc1)C([2H])([2H])OC(=O)CCCCCCCCCCCCCCC. The molecule has 0 heterocycles. The molecule has 0 bridgehead atoms. The summed E-state index contributed by atoms with van der Waals surface area (Å²) in [5.41, 5.74) is 0.793. The lowest BCUT2D eigenvalue weighted by atomic mass is 10.0. The predicted octanol–water partition coefficient (Wildman–Crippen LogP) is 6.56. The topological polar surface area (TPSA) is 65.0 Å². The summed E-state index contributed by atoms with van der Waals surface area (Å²) in [7, 11) is 0. The van der Waals surface area contributed by atoms with Crippen LogP contribution in [0.2, 0.25) is 0 Å². The Morgan fingerprint density at radius 2 is 1.50 bits per heavy atom. The summed E-state index contributed by atoms with van der Waals surface area (Å²) in [5.74, 6) is -0.914. The molecule has 0 aliphatic rings. The zero-order valence-corrected chi connectivity index (χ0v) is 19.8. The number of carbonyl (C=O) groups excluding carboxylic acids is 1. The minimum Gasteiger partial charge on any atom is -0.463 e. The quantitative estimate of drug-likeness (QED) is 0.122. The second-order valence-corrected chi connectivity index (χ2v) is 8.11. The molecule has 0 radical (unpaired) electrons. The van der Waals surface area contributed by atoms with Gasteiger partial charge in [-0.2, -0.15) is 0 Å². The zero-order valence-electron chi connectivity index (χ0n) is 24.8. The molecule has 0 aliphatic heterocycles. The molecule has 184 valence electrons. The van der Waals surface area contributed by atoms with Gasteiger partial charge in [0.2, 0.25) is 0 Å². The van der Waals surface area contributed by atoms with Crippen molar-refractivity contribution in [1.29, 1.82) is 0 Å². The van der Waals surface area contributed by atoms with E-state index in [1.165, 1.54) is 57.8 Å². The fourth-order valence-electron chi connectivity index (χ4n) is 3.36. The van der Waals surface area contributed by atoms with Crippen LogP contribution in [0.4, 0.5) is 0 Å². The summed E-state index contributed by atoms with van der Waals surface area (Å²) < 4.78 is 54.2. The minimum atomic E-state index is -3.47. The molecule has 1 N–H and O–H groups in total. The van der Waals surface area contributed by atoms with Crippen LogP contribution in [0.1, 0.15) is 109 Å². The van der Waals surface area contributed by atoms with Crippen molar-refractivity contribution < 1.29 is 31.0 Å². The summed E-state index contributed by atoms with van der Waals surface area (Å²) in [6.07, 6.45) is 11.6. The Morgan fingerprint density at radius 1 is 0.938 bits per heavy atom. The lowest BCUT2D eigenvalue weighted by Gasteiger charge is -2.15. The van der Waals surface area contributed by atoms with Crippen molar-refractivity contribution >= 4 is 5.97 Å². The average Bonchev–Trinajstić information content (AvgIpc) is 2.84. The molecule has 0 aliphatic carbocycles. The Hall–Kier alpha value is -1.43. The molecule has 0 saturated heterocycles. The van der Waals surface area contributed by atoms with E-state index in [2.05, 4.69) is 6.92 Å². The van der Waals surface area contributed by atoms with Gasteiger partial charge in [0.15, 0.2) is 0 Å². The van der Waals surface area contributed by atoms with Crippen molar-refractivity contribution in [3.05, 3.63) is 35.9 Å². The van der Waals surface area contributed by atoms with E-state index < -0.39 is 32.0 Å². The molecule has 1 unspecified atom stereocenters. The highest BCUT2D eigenvalue weighted by atomic mass is 16.7. The Kier molecular flexibility index (Phi) is 14.1. The van der Waals surface area contributed by atoms with E-state index in [-0.39, 0.29) is 13.0 Å².